The number of alkyl halides is 3. The van der Waals surface area contributed by atoms with Gasteiger partial charge in [0.1, 0.15) is 6.54 Å². The molecule has 1 rings (SSSR count). The van der Waals surface area contributed by atoms with Gasteiger partial charge in [-0.05, 0) is 24.3 Å². The lowest BCUT2D eigenvalue weighted by molar-refractivity contribution is -0.115. The summed E-state index contributed by atoms with van der Waals surface area (Å²) in [7, 11) is -0.793. The van der Waals surface area contributed by atoms with Gasteiger partial charge in [0.25, 0.3) is 0 Å². The highest BCUT2D eigenvalue weighted by molar-refractivity contribution is 7.89. The molecule has 0 aliphatic heterocycles. The van der Waals surface area contributed by atoms with Gasteiger partial charge in [0, 0.05) is 19.8 Å². The zero-order chi connectivity index (χ0) is 14.0. The highest BCUT2D eigenvalue weighted by Gasteiger charge is 2.26. The van der Waals surface area contributed by atoms with Crippen molar-refractivity contribution < 1.29 is 21.6 Å². The van der Waals surface area contributed by atoms with Gasteiger partial charge < -0.3 is 5.32 Å². The Bertz CT molecular complexity index is 495. The van der Waals surface area contributed by atoms with E-state index in [0.29, 0.717) is 0 Å². The van der Waals surface area contributed by atoms with Crippen LogP contribution in [0.4, 0.5) is 18.9 Å². The van der Waals surface area contributed by atoms with Crippen molar-refractivity contribution in [3.63, 3.8) is 0 Å². The molecule has 0 unspecified atom stereocenters. The predicted molar refractivity (Wildman–Crippen MR) is 61.9 cm³/mol. The van der Waals surface area contributed by atoms with Crippen molar-refractivity contribution in [1.29, 1.82) is 0 Å². The van der Waals surface area contributed by atoms with Gasteiger partial charge in [0.05, 0.1) is 4.90 Å². The van der Waals surface area contributed by atoms with Gasteiger partial charge in [-0.15, -0.1) is 0 Å². The van der Waals surface area contributed by atoms with Crippen LogP contribution in [0.3, 0.4) is 0 Å². The lowest BCUT2D eigenvalue weighted by atomic mass is 10.3. The second-order valence-corrected chi connectivity index (χ2v) is 5.93. The highest BCUT2D eigenvalue weighted by atomic mass is 32.2. The summed E-state index contributed by atoms with van der Waals surface area (Å²) < 4.78 is 60.3. The molecule has 1 aromatic rings. The maximum absolute atomic E-state index is 12.0. The Hall–Kier alpha value is -1.28. The van der Waals surface area contributed by atoms with Crippen molar-refractivity contribution in [2.24, 2.45) is 0 Å². The average molecular weight is 282 g/mol. The summed E-state index contributed by atoms with van der Waals surface area (Å²) in [6.07, 6.45) is -4.31. The molecule has 0 bridgehead atoms. The van der Waals surface area contributed by atoms with E-state index in [4.69, 9.17) is 0 Å². The molecule has 0 amide bonds. The van der Waals surface area contributed by atoms with Crippen molar-refractivity contribution >= 4 is 15.7 Å². The molecular weight excluding hydrogens is 269 g/mol. The van der Waals surface area contributed by atoms with E-state index in [0.717, 1.165) is 4.31 Å². The molecule has 0 aromatic heterocycles. The third-order valence-electron chi connectivity index (χ3n) is 2.13. The van der Waals surface area contributed by atoms with Crippen molar-refractivity contribution in [3.8, 4) is 0 Å². The van der Waals surface area contributed by atoms with E-state index in [1.165, 1.54) is 38.4 Å². The quantitative estimate of drug-likeness (QED) is 0.917. The molecule has 0 fully saturated rings. The summed E-state index contributed by atoms with van der Waals surface area (Å²) >= 11 is 0. The molecule has 0 radical (unpaired) electrons. The Labute approximate surface area is 103 Å². The molecule has 0 aliphatic rings. The second kappa shape index (κ2) is 5.15. The van der Waals surface area contributed by atoms with E-state index in [2.05, 4.69) is 5.32 Å². The molecule has 8 heteroatoms. The second-order valence-electron chi connectivity index (χ2n) is 3.78. The summed E-state index contributed by atoms with van der Waals surface area (Å²) in [6.45, 7) is -1.16. The van der Waals surface area contributed by atoms with Gasteiger partial charge >= 0.3 is 6.18 Å². The first-order valence-corrected chi connectivity index (χ1v) is 6.40. The molecule has 1 N–H and O–H groups in total. The first kappa shape index (κ1) is 14.8. The first-order valence-electron chi connectivity index (χ1n) is 4.96. The summed E-state index contributed by atoms with van der Waals surface area (Å²) in [5.41, 5.74) is 0.213. The minimum atomic E-state index is -4.31. The smallest absolute Gasteiger partial charge is 0.376 e. The van der Waals surface area contributed by atoms with Crippen LogP contribution in [0.15, 0.2) is 29.2 Å². The van der Waals surface area contributed by atoms with E-state index in [-0.39, 0.29) is 10.6 Å². The van der Waals surface area contributed by atoms with Crippen LogP contribution in [0.2, 0.25) is 0 Å². The molecule has 18 heavy (non-hydrogen) atoms. The summed E-state index contributed by atoms with van der Waals surface area (Å²) in [4.78, 5) is 0.0325. The molecule has 1 aromatic carbocycles. The highest BCUT2D eigenvalue weighted by Crippen LogP contribution is 2.19. The summed E-state index contributed by atoms with van der Waals surface area (Å²) in [5, 5.41) is 2.16. The fourth-order valence-electron chi connectivity index (χ4n) is 1.16. The van der Waals surface area contributed by atoms with Crippen molar-refractivity contribution in [1.82, 2.24) is 4.31 Å². The predicted octanol–water partition coefficient (Wildman–Crippen LogP) is 1.91. The minimum absolute atomic E-state index is 0.0325. The fourth-order valence-corrected chi connectivity index (χ4v) is 2.06. The van der Waals surface area contributed by atoms with Gasteiger partial charge in [0.2, 0.25) is 10.0 Å². The summed E-state index contributed by atoms with van der Waals surface area (Å²) in [5.74, 6) is 0. The van der Waals surface area contributed by atoms with Gasteiger partial charge in [-0.2, -0.15) is 13.2 Å². The van der Waals surface area contributed by atoms with Gasteiger partial charge in [0.15, 0.2) is 0 Å². The molecule has 4 nitrogen and oxygen atoms in total. The maximum atomic E-state index is 12.0. The lowest BCUT2D eigenvalue weighted by Gasteiger charge is -2.13. The maximum Gasteiger partial charge on any atom is 0.405 e. The number of hydrogen-bond donors (Lipinski definition) is 1. The standard InChI is InChI=1S/C10H13F3N2O2S/c1-15(2)18(16,17)9-5-3-8(4-6-9)14-7-10(11,12)13/h3-6,14H,7H2,1-2H3. The SMILES string of the molecule is CN(C)S(=O)(=O)c1ccc(NCC(F)(F)F)cc1. The number of sulfonamides is 1. The Morgan fingerprint density at radius 2 is 1.67 bits per heavy atom. The van der Waals surface area contributed by atoms with Crippen LogP contribution in [0, 0.1) is 0 Å². The monoisotopic (exact) mass is 282 g/mol. The Balaban J connectivity index is 2.81. The third-order valence-corrected chi connectivity index (χ3v) is 3.96. The van der Waals surface area contributed by atoms with E-state index in [9.17, 15) is 21.6 Å². The normalized spacial score (nSPS) is 12.8. The van der Waals surface area contributed by atoms with Crippen LogP contribution in [0.5, 0.6) is 0 Å². The molecule has 0 spiro atoms. The van der Waals surface area contributed by atoms with Gasteiger partial charge in [-0.1, -0.05) is 0 Å². The van der Waals surface area contributed by atoms with E-state index < -0.39 is 22.7 Å². The average Bonchev–Trinajstić information content (AvgIpc) is 2.26. The number of halogens is 3. The molecule has 0 aliphatic carbocycles. The Morgan fingerprint density at radius 3 is 2.06 bits per heavy atom. The number of nitrogens with one attached hydrogen (secondary N) is 1. The summed E-state index contributed by atoms with van der Waals surface area (Å²) in [6, 6.07) is 5.10. The molecule has 0 heterocycles. The number of hydrogen-bond acceptors (Lipinski definition) is 3. The van der Waals surface area contributed by atoms with Crippen LogP contribution in [-0.2, 0) is 10.0 Å². The topological polar surface area (TPSA) is 49.4 Å². The van der Waals surface area contributed by atoms with Crippen molar-refractivity contribution in [2.45, 2.75) is 11.1 Å². The molecular formula is C10H13F3N2O2S. The van der Waals surface area contributed by atoms with Crippen molar-refractivity contribution in [2.75, 3.05) is 26.0 Å². The molecule has 0 saturated heterocycles. The van der Waals surface area contributed by atoms with Crippen LogP contribution < -0.4 is 5.32 Å². The molecule has 102 valence electrons. The van der Waals surface area contributed by atoms with Crippen LogP contribution in [0.1, 0.15) is 0 Å². The van der Waals surface area contributed by atoms with E-state index in [1.54, 1.807) is 0 Å². The van der Waals surface area contributed by atoms with Crippen LogP contribution in [-0.4, -0.2) is 39.5 Å². The van der Waals surface area contributed by atoms with Crippen LogP contribution in [0.25, 0.3) is 0 Å². The Morgan fingerprint density at radius 1 is 1.17 bits per heavy atom. The van der Waals surface area contributed by atoms with E-state index >= 15 is 0 Å². The fraction of sp³-hybridized carbons (Fsp3) is 0.400. The third kappa shape index (κ3) is 3.88. The molecule has 0 atom stereocenters. The zero-order valence-corrected chi connectivity index (χ0v) is 10.6. The van der Waals surface area contributed by atoms with Gasteiger partial charge in [-0.25, -0.2) is 12.7 Å². The van der Waals surface area contributed by atoms with Crippen molar-refractivity contribution in [3.05, 3.63) is 24.3 Å². The zero-order valence-electron chi connectivity index (χ0n) is 9.82. The lowest BCUT2D eigenvalue weighted by Crippen LogP contribution is -2.22. The number of benzene rings is 1. The number of anilines is 1. The first-order chi connectivity index (χ1) is 8.13. The van der Waals surface area contributed by atoms with Gasteiger partial charge in [-0.3, -0.25) is 0 Å². The largest absolute Gasteiger partial charge is 0.405 e. The van der Waals surface area contributed by atoms with E-state index in [1.807, 2.05) is 0 Å². The number of rotatable bonds is 4. The molecule has 0 saturated carbocycles. The Kier molecular flexibility index (Phi) is 4.23. The van der Waals surface area contributed by atoms with Crippen LogP contribution >= 0.6 is 0 Å². The minimum Gasteiger partial charge on any atom is -0.376 e. The number of nitrogens with zero attached hydrogens (tertiary/aromatic N) is 1.